The van der Waals surface area contributed by atoms with Crippen molar-refractivity contribution in [2.75, 3.05) is 40.3 Å². The van der Waals surface area contributed by atoms with E-state index in [1.165, 1.54) is 53.7 Å². The number of nitrogens with one attached hydrogen (secondary N) is 1. The highest BCUT2D eigenvalue weighted by Gasteiger charge is 2.22. The molecule has 0 atom stereocenters. The average Bonchev–Trinajstić information content (AvgIpc) is 2.88. The lowest BCUT2D eigenvalue weighted by Gasteiger charge is -2.15. The van der Waals surface area contributed by atoms with Gasteiger partial charge in [0.05, 0.1) is 40.4 Å². The van der Waals surface area contributed by atoms with Gasteiger partial charge in [-0.2, -0.15) is 0 Å². The number of phenolic OH excluding ortho intramolecular Hbond substituents is 2. The fourth-order valence-electron chi connectivity index (χ4n) is 3.41. The highest BCUT2D eigenvalue weighted by atomic mass is 32.2. The summed E-state index contributed by atoms with van der Waals surface area (Å²) in [4.78, 5) is -0.234. The van der Waals surface area contributed by atoms with Gasteiger partial charge in [0.1, 0.15) is 5.69 Å². The van der Waals surface area contributed by atoms with E-state index in [9.17, 15) is 18.6 Å². The van der Waals surface area contributed by atoms with E-state index in [2.05, 4.69) is 4.72 Å². The van der Waals surface area contributed by atoms with Gasteiger partial charge in [-0.1, -0.05) is 12.2 Å². The molecule has 0 unspecified atom stereocenters. The summed E-state index contributed by atoms with van der Waals surface area (Å²) in [5.41, 5.74) is 0.880. The van der Waals surface area contributed by atoms with Gasteiger partial charge in [-0.05, 0) is 42.0 Å². The van der Waals surface area contributed by atoms with Crippen molar-refractivity contribution >= 4 is 27.9 Å². The molecule has 0 bridgehead atoms. The third-order valence-electron chi connectivity index (χ3n) is 5.23. The van der Waals surface area contributed by atoms with Gasteiger partial charge in [-0.3, -0.25) is 4.72 Å². The minimum Gasteiger partial charge on any atom is -0.504 e. The molecule has 0 fully saturated rings. The Kier molecular flexibility index (Phi) is 8.05. The van der Waals surface area contributed by atoms with Crippen LogP contribution in [0.2, 0.25) is 0 Å². The van der Waals surface area contributed by atoms with Crippen LogP contribution in [0.5, 0.6) is 40.2 Å². The zero-order valence-electron chi connectivity index (χ0n) is 20.4. The lowest BCUT2D eigenvalue weighted by Crippen LogP contribution is -2.14. The van der Waals surface area contributed by atoms with Crippen LogP contribution < -0.4 is 28.4 Å². The zero-order valence-corrected chi connectivity index (χ0v) is 21.2. The molecular weight excluding hydrogens is 490 g/mol. The van der Waals surface area contributed by atoms with Crippen LogP contribution in [0.15, 0.2) is 47.4 Å². The van der Waals surface area contributed by atoms with E-state index >= 15 is 0 Å². The Balaban J connectivity index is 2.06. The number of phenols is 2. The van der Waals surface area contributed by atoms with Crippen LogP contribution in [0.1, 0.15) is 11.1 Å². The van der Waals surface area contributed by atoms with E-state index in [0.29, 0.717) is 28.4 Å². The van der Waals surface area contributed by atoms with Crippen LogP contribution in [-0.4, -0.2) is 54.2 Å². The molecule has 0 radical (unpaired) electrons. The van der Waals surface area contributed by atoms with Crippen molar-refractivity contribution in [3.63, 3.8) is 0 Å². The molecule has 0 saturated carbocycles. The molecule has 0 aliphatic carbocycles. The number of methoxy groups -OCH3 is 5. The molecule has 3 rings (SSSR count). The Morgan fingerprint density at radius 2 is 1.31 bits per heavy atom. The van der Waals surface area contributed by atoms with Crippen LogP contribution in [0.4, 0.5) is 5.69 Å². The molecular formula is C25H27NO9S. The monoisotopic (exact) mass is 517 g/mol. The van der Waals surface area contributed by atoms with Crippen molar-refractivity contribution in [3.8, 4) is 40.2 Å². The maximum Gasteiger partial charge on any atom is 0.262 e. The molecule has 3 aromatic rings. The highest BCUT2D eigenvalue weighted by Crippen LogP contribution is 2.41. The Hall–Kier alpha value is -4.25. The Morgan fingerprint density at radius 3 is 1.83 bits per heavy atom. The molecule has 192 valence electrons. The minimum atomic E-state index is -4.22. The fraction of sp³-hybridized carbons (Fsp3) is 0.200. The first-order valence-electron chi connectivity index (χ1n) is 10.5. The number of hydrogen-bond donors (Lipinski definition) is 3. The summed E-state index contributed by atoms with van der Waals surface area (Å²) >= 11 is 0. The van der Waals surface area contributed by atoms with Crippen LogP contribution in [0.3, 0.4) is 0 Å². The first-order chi connectivity index (χ1) is 17.2. The number of rotatable bonds is 10. The second-order valence-corrected chi connectivity index (χ2v) is 8.99. The topological polar surface area (TPSA) is 133 Å². The van der Waals surface area contributed by atoms with Gasteiger partial charge in [-0.25, -0.2) is 8.42 Å². The van der Waals surface area contributed by atoms with Gasteiger partial charge < -0.3 is 33.9 Å². The second-order valence-electron chi connectivity index (χ2n) is 7.31. The smallest absolute Gasteiger partial charge is 0.262 e. The number of sulfonamides is 1. The standard InChI is InChI=1S/C25H27NO9S/c1-31-19-11-9-17(14-18(19)27)36(29,30)26-23-16(8-10-20(32-2)24(23)28)7-6-15-12-21(33-3)25(35-5)22(13-15)34-4/h6-14,26-28H,1-5H3/b7-6-. The summed E-state index contributed by atoms with van der Waals surface area (Å²) < 4.78 is 54.7. The second kappa shape index (κ2) is 11.0. The highest BCUT2D eigenvalue weighted by molar-refractivity contribution is 7.92. The molecule has 0 aliphatic rings. The molecule has 10 nitrogen and oxygen atoms in total. The van der Waals surface area contributed by atoms with Gasteiger partial charge in [0.25, 0.3) is 10.0 Å². The molecule has 11 heteroatoms. The van der Waals surface area contributed by atoms with Crippen molar-refractivity contribution in [2.45, 2.75) is 4.90 Å². The molecule has 3 N–H and O–H groups in total. The van der Waals surface area contributed by atoms with Gasteiger partial charge in [0.15, 0.2) is 34.5 Å². The van der Waals surface area contributed by atoms with Gasteiger partial charge in [-0.15, -0.1) is 0 Å². The maximum absolute atomic E-state index is 13.1. The normalized spacial score (nSPS) is 11.2. The number of hydrogen-bond acceptors (Lipinski definition) is 9. The molecule has 0 aliphatic heterocycles. The summed E-state index contributed by atoms with van der Waals surface area (Å²) in [6.07, 6.45) is 3.28. The minimum absolute atomic E-state index is 0.0650. The molecule has 0 saturated heterocycles. The van der Waals surface area contributed by atoms with Crippen molar-refractivity contribution in [3.05, 3.63) is 53.6 Å². The van der Waals surface area contributed by atoms with E-state index in [1.54, 1.807) is 30.4 Å². The summed E-state index contributed by atoms with van der Waals surface area (Å²) in [6, 6.07) is 10.1. The fourth-order valence-corrected chi connectivity index (χ4v) is 4.53. The summed E-state index contributed by atoms with van der Waals surface area (Å²) in [7, 11) is 2.97. The van der Waals surface area contributed by atoms with Crippen molar-refractivity contribution in [1.29, 1.82) is 0 Å². The van der Waals surface area contributed by atoms with E-state index < -0.39 is 15.8 Å². The summed E-state index contributed by atoms with van der Waals surface area (Å²) in [6.45, 7) is 0. The number of ether oxygens (including phenoxy) is 5. The van der Waals surface area contributed by atoms with E-state index in [-0.39, 0.29) is 27.8 Å². The van der Waals surface area contributed by atoms with Crippen molar-refractivity contribution < 1.29 is 42.3 Å². The third-order valence-corrected chi connectivity index (χ3v) is 6.58. The number of benzene rings is 3. The number of anilines is 1. The van der Waals surface area contributed by atoms with Crippen molar-refractivity contribution in [2.24, 2.45) is 0 Å². The average molecular weight is 518 g/mol. The van der Waals surface area contributed by atoms with Crippen LogP contribution >= 0.6 is 0 Å². The largest absolute Gasteiger partial charge is 0.504 e. The summed E-state index contributed by atoms with van der Waals surface area (Å²) in [5.74, 6) is 0.727. The van der Waals surface area contributed by atoms with Crippen molar-refractivity contribution in [1.82, 2.24) is 0 Å². The molecule has 3 aromatic carbocycles. The molecule has 0 amide bonds. The Labute approximate surface area is 209 Å². The molecule has 0 aromatic heterocycles. The van der Waals surface area contributed by atoms with E-state index in [1.807, 2.05) is 0 Å². The molecule has 0 heterocycles. The number of aromatic hydroxyl groups is 2. The first-order valence-corrected chi connectivity index (χ1v) is 11.9. The predicted octanol–water partition coefficient (Wildman–Crippen LogP) is 4.11. The third kappa shape index (κ3) is 5.36. The lowest BCUT2D eigenvalue weighted by molar-refractivity contribution is 0.324. The zero-order chi connectivity index (χ0) is 26.5. The molecule has 0 spiro atoms. The molecule has 36 heavy (non-hydrogen) atoms. The van der Waals surface area contributed by atoms with Crippen LogP contribution in [-0.2, 0) is 10.0 Å². The van der Waals surface area contributed by atoms with E-state index in [0.717, 1.165) is 6.07 Å². The quantitative estimate of drug-likeness (QED) is 0.268. The van der Waals surface area contributed by atoms with Crippen LogP contribution in [0.25, 0.3) is 12.2 Å². The predicted molar refractivity (Wildman–Crippen MR) is 135 cm³/mol. The van der Waals surface area contributed by atoms with Gasteiger partial charge in [0, 0.05) is 11.6 Å². The maximum atomic E-state index is 13.1. The van der Waals surface area contributed by atoms with Gasteiger partial charge in [0.2, 0.25) is 5.75 Å². The Morgan fingerprint density at radius 1 is 0.722 bits per heavy atom. The first kappa shape index (κ1) is 26.4. The van der Waals surface area contributed by atoms with Crippen LogP contribution in [0, 0.1) is 0 Å². The van der Waals surface area contributed by atoms with E-state index in [4.69, 9.17) is 23.7 Å². The Bertz CT molecular complexity index is 1360. The SMILES string of the molecule is COc1ccc(S(=O)(=O)Nc2c(/C=C\c3cc(OC)c(OC)c(OC)c3)ccc(OC)c2O)cc1O. The lowest BCUT2D eigenvalue weighted by atomic mass is 10.1. The summed E-state index contributed by atoms with van der Waals surface area (Å²) in [5, 5.41) is 20.8. The van der Waals surface area contributed by atoms with Gasteiger partial charge >= 0.3 is 0 Å².